The molecule has 0 N–H and O–H groups in total. The molecule has 1 aromatic carbocycles. The molecule has 2 heterocycles. The van der Waals surface area contributed by atoms with Gasteiger partial charge in [0, 0.05) is 37.9 Å². The number of carbonyl (C=O) groups excluding carboxylic acids is 2. The Bertz CT molecular complexity index is 809. The monoisotopic (exact) mass is 388 g/mol. The highest BCUT2D eigenvalue weighted by Crippen LogP contribution is 2.26. The van der Waals surface area contributed by atoms with Gasteiger partial charge < -0.3 is 9.80 Å². The summed E-state index contributed by atoms with van der Waals surface area (Å²) < 4.78 is 13.1. The van der Waals surface area contributed by atoms with Crippen molar-refractivity contribution >= 4 is 34.8 Å². The van der Waals surface area contributed by atoms with Crippen LogP contribution in [0.3, 0.4) is 0 Å². The fourth-order valence-electron chi connectivity index (χ4n) is 2.99. The van der Waals surface area contributed by atoms with E-state index >= 15 is 0 Å². The van der Waals surface area contributed by atoms with Gasteiger partial charge in [0.15, 0.2) is 11.6 Å². The summed E-state index contributed by atoms with van der Waals surface area (Å²) in [6.07, 6.45) is 1.46. The number of Topliss-reactive ketones (excluding diaryl/α,β-unsaturated/α-hetero) is 2. The van der Waals surface area contributed by atoms with Crippen LogP contribution in [0.15, 0.2) is 41.7 Å². The SMILES string of the molecule is CC(=O)C(Sc1cc(N2CCN(c3ccc(F)cc3)CC2)ncn1)C(C)=O. The van der Waals surface area contributed by atoms with Gasteiger partial charge in [-0.05, 0) is 38.1 Å². The Morgan fingerprint density at radius 3 is 2.19 bits per heavy atom. The van der Waals surface area contributed by atoms with E-state index in [0.717, 1.165) is 49.4 Å². The number of carbonyl (C=O) groups is 2. The normalized spacial score (nSPS) is 14.5. The molecule has 0 saturated carbocycles. The zero-order chi connectivity index (χ0) is 19.4. The molecular weight excluding hydrogens is 367 g/mol. The van der Waals surface area contributed by atoms with Crippen LogP contribution < -0.4 is 9.80 Å². The van der Waals surface area contributed by atoms with E-state index in [-0.39, 0.29) is 17.4 Å². The summed E-state index contributed by atoms with van der Waals surface area (Å²) in [5.41, 5.74) is 1.00. The highest BCUT2D eigenvalue weighted by molar-refractivity contribution is 8.01. The zero-order valence-electron chi connectivity index (χ0n) is 15.3. The number of aromatic nitrogens is 2. The average molecular weight is 388 g/mol. The Morgan fingerprint density at radius 1 is 1.00 bits per heavy atom. The fraction of sp³-hybridized carbons (Fsp3) is 0.368. The van der Waals surface area contributed by atoms with Crippen LogP contribution in [0.2, 0.25) is 0 Å². The molecule has 27 heavy (non-hydrogen) atoms. The number of ketones is 2. The van der Waals surface area contributed by atoms with Crippen LogP contribution >= 0.6 is 11.8 Å². The largest absolute Gasteiger partial charge is 0.368 e. The maximum absolute atomic E-state index is 13.1. The molecule has 2 aromatic rings. The maximum Gasteiger partial charge on any atom is 0.150 e. The van der Waals surface area contributed by atoms with Crippen LogP contribution in [0.1, 0.15) is 13.8 Å². The first-order chi connectivity index (χ1) is 12.9. The van der Waals surface area contributed by atoms with Crippen molar-refractivity contribution in [3.8, 4) is 0 Å². The summed E-state index contributed by atoms with van der Waals surface area (Å²) in [4.78, 5) is 36.1. The van der Waals surface area contributed by atoms with Crippen molar-refractivity contribution in [1.29, 1.82) is 0 Å². The molecule has 1 fully saturated rings. The van der Waals surface area contributed by atoms with Gasteiger partial charge in [-0.15, -0.1) is 0 Å². The summed E-state index contributed by atoms with van der Waals surface area (Å²) in [6, 6.07) is 8.32. The molecule has 6 nitrogen and oxygen atoms in total. The summed E-state index contributed by atoms with van der Waals surface area (Å²) in [7, 11) is 0. The Labute approximate surface area is 161 Å². The smallest absolute Gasteiger partial charge is 0.150 e. The van der Waals surface area contributed by atoms with Crippen LogP contribution in [0.25, 0.3) is 0 Å². The molecule has 0 aliphatic carbocycles. The molecule has 3 rings (SSSR count). The van der Waals surface area contributed by atoms with Crippen molar-refractivity contribution in [2.45, 2.75) is 24.1 Å². The number of thioether (sulfide) groups is 1. The van der Waals surface area contributed by atoms with E-state index in [1.807, 2.05) is 6.07 Å². The van der Waals surface area contributed by atoms with Gasteiger partial charge in [0.05, 0.1) is 0 Å². The number of hydrogen-bond acceptors (Lipinski definition) is 7. The van der Waals surface area contributed by atoms with Gasteiger partial charge in [-0.1, -0.05) is 11.8 Å². The second-order valence-corrected chi connectivity index (χ2v) is 7.51. The number of nitrogens with zero attached hydrogens (tertiary/aromatic N) is 4. The van der Waals surface area contributed by atoms with Gasteiger partial charge in [0.2, 0.25) is 0 Å². The van der Waals surface area contributed by atoms with E-state index in [1.54, 1.807) is 12.1 Å². The number of hydrogen-bond donors (Lipinski definition) is 0. The standard InChI is InChI=1S/C19H21FN4O2S/c1-13(25)19(14(2)26)27-18-11-17(21-12-22-18)24-9-7-23(8-10-24)16-5-3-15(20)4-6-16/h3-6,11-12,19H,7-10H2,1-2H3. The molecule has 0 amide bonds. The molecule has 0 spiro atoms. The number of piperazine rings is 1. The van der Waals surface area contributed by atoms with Gasteiger partial charge in [0.1, 0.15) is 28.2 Å². The molecular formula is C19H21FN4O2S. The molecule has 1 aliphatic heterocycles. The Morgan fingerprint density at radius 2 is 1.59 bits per heavy atom. The lowest BCUT2D eigenvalue weighted by molar-refractivity contribution is -0.123. The Balaban J connectivity index is 1.65. The fourth-order valence-corrected chi connectivity index (χ4v) is 3.84. The minimum atomic E-state index is -0.733. The van der Waals surface area contributed by atoms with Crippen molar-refractivity contribution in [1.82, 2.24) is 9.97 Å². The third-order valence-electron chi connectivity index (χ3n) is 4.40. The van der Waals surface area contributed by atoms with Crippen LogP contribution in [0.5, 0.6) is 0 Å². The van der Waals surface area contributed by atoms with Crippen molar-refractivity contribution in [3.05, 3.63) is 42.5 Å². The van der Waals surface area contributed by atoms with Crippen LogP contribution in [0.4, 0.5) is 15.9 Å². The number of anilines is 2. The minimum absolute atomic E-state index is 0.180. The van der Waals surface area contributed by atoms with E-state index in [9.17, 15) is 14.0 Å². The molecule has 8 heteroatoms. The average Bonchev–Trinajstić information content (AvgIpc) is 2.66. The molecule has 1 aliphatic rings. The van der Waals surface area contributed by atoms with Crippen molar-refractivity contribution in [2.24, 2.45) is 0 Å². The number of rotatable bonds is 6. The topological polar surface area (TPSA) is 66.4 Å². The van der Waals surface area contributed by atoms with Crippen molar-refractivity contribution in [2.75, 3.05) is 36.0 Å². The number of halogens is 1. The van der Waals surface area contributed by atoms with E-state index in [4.69, 9.17) is 0 Å². The van der Waals surface area contributed by atoms with Crippen LogP contribution in [-0.2, 0) is 9.59 Å². The molecule has 0 atom stereocenters. The highest BCUT2D eigenvalue weighted by Gasteiger charge is 2.23. The summed E-state index contributed by atoms with van der Waals surface area (Å²) in [6.45, 7) is 5.94. The molecule has 1 aromatic heterocycles. The van der Waals surface area contributed by atoms with Gasteiger partial charge >= 0.3 is 0 Å². The Hall–Kier alpha value is -2.48. The van der Waals surface area contributed by atoms with E-state index in [2.05, 4.69) is 19.8 Å². The number of benzene rings is 1. The molecule has 1 saturated heterocycles. The summed E-state index contributed by atoms with van der Waals surface area (Å²) in [5, 5.41) is -0.126. The third-order valence-corrected chi connectivity index (χ3v) is 5.76. The molecule has 0 radical (unpaired) electrons. The first-order valence-electron chi connectivity index (χ1n) is 8.69. The second kappa shape index (κ2) is 8.47. The molecule has 0 bridgehead atoms. The minimum Gasteiger partial charge on any atom is -0.368 e. The Kier molecular flexibility index (Phi) is 6.05. The second-order valence-electron chi connectivity index (χ2n) is 6.38. The molecule has 0 unspecified atom stereocenters. The summed E-state index contributed by atoms with van der Waals surface area (Å²) in [5.74, 6) is 0.177. The quantitative estimate of drug-likeness (QED) is 0.428. The predicted octanol–water partition coefficient (Wildman–Crippen LogP) is 2.58. The van der Waals surface area contributed by atoms with Gasteiger partial charge in [-0.25, -0.2) is 14.4 Å². The third kappa shape index (κ3) is 4.82. The lowest BCUT2D eigenvalue weighted by atomic mass is 10.2. The van der Waals surface area contributed by atoms with E-state index < -0.39 is 5.25 Å². The van der Waals surface area contributed by atoms with Crippen molar-refractivity contribution in [3.63, 3.8) is 0 Å². The molecule has 142 valence electrons. The first kappa shape index (κ1) is 19.3. The van der Waals surface area contributed by atoms with Gasteiger partial charge in [0.25, 0.3) is 0 Å². The first-order valence-corrected chi connectivity index (χ1v) is 9.57. The van der Waals surface area contributed by atoms with Gasteiger partial charge in [-0.3, -0.25) is 9.59 Å². The highest BCUT2D eigenvalue weighted by atomic mass is 32.2. The van der Waals surface area contributed by atoms with Crippen LogP contribution in [0, 0.1) is 5.82 Å². The van der Waals surface area contributed by atoms with E-state index in [1.165, 1.54) is 32.3 Å². The lowest BCUT2D eigenvalue weighted by Gasteiger charge is -2.36. The zero-order valence-corrected chi connectivity index (χ0v) is 16.1. The predicted molar refractivity (Wildman–Crippen MR) is 104 cm³/mol. The van der Waals surface area contributed by atoms with E-state index in [0.29, 0.717) is 5.03 Å². The van der Waals surface area contributed by atoms with Crippen molar-refractivity contribution < 1.29 is 14.0 Å². The summed E-state index contributed by atoms with van der Waals surface area (Å²) >= 11 is 1.16. The van der Waals surface area contributed by atoms with Crippen LogP contribution in [-0.4, -0.2) is 53.0 Å². The maximum atomic E-state index is 13.1. The lowest BCUT2D eigenvalue weighted by Crippen LogP contribution is -2.46. The van der Waals surface area contributed by atoms with Gasteiger partial charge in [-0.2, -0.15) is 0 Å².